The monoisotopic (exact) mass is 284 g/mol. The lowest BCUT2D eigenvalue weighted by Crippen LogP contribution is -2.50. The van der Waals surface area contributed by atoms with Crippen LogP contribution in [-0.2, 0) is 4.74 Å². The number of hydrogen-bond donors (Lipinski definition) is 2. The van der Waals surface area contributed by atoms with E-state index in [0.29, 0.717) is 36.1 Å². The molecule has 1 aromatic heterocycles. The third-order valence-corrected chi connectivity index (χ3v) is 3.23. The Labute approximate surface area is 116 Å². The Morgan fingerprint density at radius 1 is 1.63 bits per heavy atom. The number of ether oxygens (including phenoxy) is 1. The van der Waals surface area contributed by atoms with Gasteiger partial charge < -0.3 is 15.1 Å². The van der Waals surface area contributed by atoms with E-state index in [9.17, 15) is 4.79 Å². The fraction of sp³-hybridized carbons (Fsp3) is 0.500. The standard InChI is InChI=1S/C12H17ClN4O2/c1-12(2)7-17(3-4-19-12)11(18)8-5-9(13)10(16-14)15-6-8/h5-6H,3-4,7,14H2,1-2H3,(H,15,16). The van der Waals surface area contributed by atoms with Gasteiger partial charge in [0.1, 0.15) is 0 Å². The molecule has 1 aromatic rings. The fourth-order valence-electron chi connectivity index (χ4n) is 2.03. The summed E-state index contributed by atoms with van der Waals surface area (Å²) in [6.45, 7) is 5.55. The summed E-state index contributed by atoms with van der Waals surface area (Å²) in [4.78, 5) is 18.1. The summed E-state index contributed by atoms with van der Waals surface area (Å²) in [7, 11) is 0. The molecule has 0 spiro atoms. The Morgan fingerprint density at radius 2 is 2.37 bits per heavy atom. The highest BCUT2D eigenvalue weighted by atomic mass is 35.5. The lowest BCUT2D eigenvalue weighted by molar-refractivity contribution is -0.0764. The maximum Gasteiger partial charge on any atom is 0.255 e. The van der Waals surface area contributed by atoms with Crippen LogP contribution in [0.4, 0.5) is 5.82 Å². The zero-order chi connectivity index (χ0) is 14.0. The summed E-state index contributed by atoms with van der Waals surface area (Å²) in [6.07, 6.45) is 1.46. The lowest BCUT2D eigenvalue weighted by atomic mass is 10.1. The minimum absolute atomic E-state index is 0.102. The number of nitrogen functional groups attached to an aromatic ring is 1. The largest absolute Gasteiger partial charge is 0.372 e. The van der Waals surface area contributed by atoms with E-state index in [2.05, 4.69) is 10.4 Å². The molecule has 0 atom stereocenters. The molecule has 0 unspecified atom stereocenters. The zero-order valence-corrected chi connectivity index (χ0v) is 11.7. The van der Waals surface area contributed by atoms with Crippen LogP contribution in [0.1, 0.15) is 24.2 Å². The molecule has 2 heterocycles. The van der Waals surface area contributed by atoms with Crippen LogP contribution >= 0.6 is 11.6 Å². The summed E-state index contributed by atoms with van der Waals surface area (Å²) >= 11 is 5.97. The molecule has 1 saturated heterocycles. The van der Waals surface area contributed by atoms with Gasteiger partial charge in [0.15, 0.2) is 5.82 Å². The molecule has 7 heteroatoms. The van der Waals surface area contributed by atoms with Crippen LogP contribution in [0.2, 0.25) is 5.02 Å². The number of hydrazine groups is 1. The molecule has 0 aromatic carbocycles. The average Bonchev–Trinajstić information content (AvgIpc) is 2.36. The Bertz CT molecular complexity index is 493. The summed E-state index contributed by atoms with van der Waals surface area (Å²) in [5, 5.41) is 0.320. The molecule has 0 bridgehead atoms. The maximum atomic E-state index is 12.4. The van der Waals surface area contributed by atoms with Gasteiger partial charge in [-0.25, -0.2) is 10.8 Å². The molecule has 1 aliphatic rings. The smallest absolute Gasteiger partial charge is 0.255 e. The van der Waals surface area contributed by atoms with Crippen LogP contribution < -0.4 is 11.3 Å². The van der Waals surface area contributed by atoms with E-state index in [1.54, 1.807) is 11.0 Å². The van der Waals surface area contributed by atoms with Gasteiger partial charge in [0.2, 0.25) is 0 Å². The highest BCUT2D eigenvalue weighted by molar-refractivity contribution is 6.33. The van der Waals surface area contributed by atoms with Gasteiger partial charge in [0.05, 0.1) is 22.8 Å². The molecule has 0 saturated carbocycles. The van der Waals surface area contributed by atoms with Crippen LogP contribution in [0, 0.1) is 0 Å². The van der Waals surface area contributed by atoms with E-state index in [1.807, 2.05) is 13.8 Å². The fourth-order valence-corrected chi connectivity index (χ4v) is 2.25. The Morgan fingerprint density at radius 3 is 2.95 bits per heavy atom. The van der Waals surface area contributed by atoms with Crippen molar-refractivity contribution in [1.29, 1.82) is 0 Å². The number of rotatable bonds is 2. The topological polar surface area (TPSA) is 80.5 Å². The first-order chi connectivity index (χ1) is 8.93. The van der Waals surface area contributed by atoms with Crippen LogP contribution in [0.25, 0.3) is 0 Å². The van der Waals surface area contributed by atoms with Crippen LogP contribution in [0.15, 0.2) is 12.3 Å². The Balaban J connectivity index is 2.17. The predicted molar refractivity (Wildman–Crippen MR) is 73.0 cm³/mol. The highest BCUT2D eigenvalue weighted by Gasteiger charge is 2.30. The molecular formula is C12H17ClN4O2. The van der Waals surface area contributed by atoms with Crippen molar-refractivity contribution in [3.63, 3.8) is 0 Å². The van der Waals surface area contributed by atoms with E-state index >= 15 is 0 Å². The van der Waals surface area contributed by atoms with Crippen LogP contribution in [0.5, 0.6) is 0 Å². The van der Waals surface area contributed by atoms with Crippen LogP contribution in [0.3, 0.4) is 0 Å². The van der Waals surface area contributed by atoms with Crippen molar-refractivity contribution in [2.24, 2.45) is 5.84 Å². The number of carbonyl (C=O) groups is 1. The van der Waals surface area contributed by atoms with Crippen molar-refractivity contribution in [3.05, 3.63) is 22.8 Å². The van der Waals surface area contributed by atoms with E-state index in [4.69, 9.17) is 22.2 Å². The molecule has 3 N–H and O–H groups in total. The van der Waals surface area contributed by atoms with Gasteiger partial charge in [-0.3, -0.25) is 4.79 Å². The molecule has 19 heavy (non-hydrogen) atoms. The van der Waals surface area contributed by atoms with Gasteiger partial charge in [-0.05, 0) is 19.9 Å². The van der Waals surface area contributed by atoms with Crippen molar-refractivity contribution in [2.75, 3.05) is 25.1 Å². The summed E-state index contributed by atoms with van der Waals surface area (Å²) in [6, 6.07) is 1.56. The molecular weight excluding hydrogens is 268 g/mol. The minimum Gasteiger partial charge on any atom is -0.372 e. The molecule has 6 nitrogen and oxygen atoms in total. The second kappa shape index (κ2) is 5.32. The molecule has 1 aliphatic heterocycles. The summed E-state index contributed by atoms with van der Waals surface area (Å²) in [5.41, 5.74) is 2.48. The first-order valence-electron chi connectivity index (χ1n) is 5.98. The van der Waals surface area contributed by atoms with Gasteiger partial charge in [0, 0.05) is 19.3 Å². The number of aromatic nitrogens is 1. The number of morpholine rings is 1. The van der Waals surface area contributed by atoms with Crippen LogP contribution in [-0.4, -0.2) is 41.1 Å². The molecule has 2 rings (SSSR count). The number of anilines is 1. The number of carbonyl (C=O) groups excluding carboxylic acids is 1. The number of amides is 1. The number of pyridine rings is 1. The Hall–Kier alpha value is -1.37. The molecule has 1 amide bonds. The molecule has 0 aliphatic carbocycles. The van der Waals surface area contributed by atoms with Gasteiger partial charge in [-0.1, -0.05) is 11.6 Å². The van der Waals surface area contributed by atoms with Gasteiger partial charge in [0.25, 0.3) is 5.91 Å². The van der Waals surface area contributed by atoms with E-state index < -0.39 is 0 Å². The number of nitrogens with zero attached hydrogens (tertiary/aromatic N) is 2. The predicted octanol–water partition coefficient (Wildman–Crippen LogP) is 1.27. The summed E-state index contributed by atoms with van der Waals surface area (Å²) in [5.74, 6) is 5.49. The van der Waals surface area contributed by atoms with E-state index in [0.717, 1.165) is 0 Å². The third-order valence-electron chi connectivity index (χ3n) is 2.94. The van der Waals surface area contributed by atoms with Crippen molar-refractivity contribution < 1.29 is 9.53 Å². The van der Waals surface area contributed by atoms with Crippen molar-refractivity contribution >= 4 is 23.3 Å². The average molecular weight is 285 g/mol. The summed E-state index contributed by atoms with van der Waals surface area (Å²) < 4.78 is 5.58. The van der Waals surface area contributed by atoms with Crippen molar-refractivity contribution in [1.82, 2.24) is 9.88 Å². The first kappa shape index (κ1) is 14.0. The SMILES string of the molecule is CC1(C)CN(C(=O)c2cnc(NN)c(Cl)c2)CCO1. The highest BCUT2D eigenvalue weighted by Crippen LogP contribution is 2.22. The third kappa shape index (κ3) is 3.15. The van der Waals surface area contributed by atoms with Crippen molar-refractivity contribution in [2.45, 2.75) is 19.4 Å². The zero-order valence-electron chi connectivity index (χ0n) is 10.9. The van der Waals surface area contributed by atoms with Gasteiger partial charge >= 0.3 is 0 Å². The normalized spacial score (nSPS) is 18.2. The maximum absolute atomic E-state index is 12.4. The second-order valence-corrected chi connectivity index (χ2v) is 5.44. The van der Waals surface area contributed by atoms with Gasteiger partial charge in [-0.2, -0.15) is 0 Å². The number of hydrogen-bond acceptors (Lipinski definition) is 5. The van der Waals surface area contributed by atoms with Crippen molar-refractivity contribution in [3.8, 4) is 0 Å². The first-order valence-corrected chi connectivity index (χ1v) is 6.36. The number of nitrogens with two attached hydrogens (primary N) is 1. The minimum atomic E-state index is -0.329. The number of halogens is 1. The lowest BCUT2D eigenvalue weighted by Gasteiger charge is -2.38. The molecule has 104 valence electrons. The second-order valence-electron chi connectivity index (χ2n) is 5.03. The number of nitrogens with one attached hydrogen (secondary N) is 1. The molecule has 1 fully saturated rings. The Kier molecular flexibility index (Phi) is 3.93. The molecule has 0 radical (unpaired) electrons. The quantitative estimate of drug-likeness (QED) is 0.631. The van der Waals surface area contributed by atoms with E-state index in [1.165, 1.54) is 6.20 Å². The van der Waals surface area contributed by atoms with E-state index in [-0.39, 0.29) is 11.5 Å². The van der Waals surface area contributed by atoms with Gasteiger partial charge in [-0.15, -0.1) is 0 Å².